The molecule has 1 amide bonds. The van der Waals surface area contributed by atoms with E-state index in [9.17, 15) is 23.1 Å². The maximum absolute atomic E-state index is 12.8. The number of ether oxygens (including phenoxy) is 2. The number of hydrogen-bond donors (Lipinski definition) is 1. The molecule has 1 aromatic heterocycles. The minimum atomic E-state index is -4.56. The van der Waals surface area contributed by atoms with Crippen LogP contribution >= 0.6 is 0 Å². The Morgan fingerprint density at radius 3 is 2.40 bits per heavy atom. The van der Waals surface area contributed by atoms with Gasteiger partial charge in [-0.2, -0.15) is 18.2 Å². The summed E-state index contributed by atoms with van der Waals surface area (Å²) in [7, 11) is 0. The van der Waals surface area contributed by atoms with E-state index in [1.165, 1.54) is 0 Å². The van der Waals surface area contributed by atoms with Gasteiger partial charge in [-0.25, -0.2) is 4.98 Å². The van der Waals surface area contributed by atoms with E-state index in [0.29, 0.717) is 37.1 Å². The van der Waals surface area contributed by atoms with Crippen LogP contribution in [0.3, 0.4) is 0 Å². The largest absolute Gasteiger partial charge is 0.460 e. The Kier molecular flexibility index (Phi) is 5.37. The van der Waals surface area contributed by atoms with Gasteiger partial charge < -0.3 is 19.5 Å². The first-order valence-electron chi connectivity index (χ1n) is 9.51. The van der Waals surface area contributed by atoms with E-state index in [-0.39, 0.29) is 31.2 Å². The molecule has 1 N–H and O–H groups in total. The van der Waals surface area contributed by atoms with Crippen molar-refractivity contribution in [3.05, 3.63) is 53.3 Å². The highest BCUT2D eigenvalue weighted by Crippen LogP contribution is 2.30. The maximum Gasteiger partial charge on any atom is 0.433 e. The SMILES string of the molecule is O=C(c1ccc(C2(O)COC2)cc1)N1CCC(Oc2nccc(C(F)(F)F)n2)CC1. The zero-order valence-electron chi connectivity index (χ0n) is 15.9. The number of aliphatic hydroxyl groups is 1. The average molecular weight is 423 g/mol. The number of likely N-dealkylation sites (tertiary alicyclic amines) is 1. The van der Waals surface area contributed by atoms with Crippen molar-refractivity contribution < 1.29 is 32.5 Å². The standard InChI is InChI=1S/C20H20F3N3O4/c21-20(22,23)16-5-8-24-18(25-16)30-15-6-9-26(10-7-15)17(27)13-1-3-14(4-2-13)19(28)11-29-12-19/h1-5,8,15,28H,6-7,9-12H2. The lowest BCUT2D eigenvalue weighted by molar-refractivity contribution is -0.184. The van der Waals surface area contributed by atoms with Gasteiger partial charge in [0.25, 0.3) is 5.91 Å². The van der Waals surface area contributed by atoms with Crippen molar-refractivity contribution in [2.45, 2.75) is 30.7 Å². The number of rotatable bonds is 4. The molecule has 2 aliphatic heterocycles. The molecule has 2 fully saturated rings. The second-order valence-corrected chi connectivity index (χ2v) is 7.43. The zero-order valence-corrected chi connectivity index (χ0v) is 15.9. The second-order valence-electron chi connectivity index (χ2n) is 7.43. The topological polar surface area (TPSA) is 84.8 Å². The first-order valence-corrected chi connectivity index (χ1v) is 9.51. The van der Waals surface area contributed by atoms with Crippen LogP contribution in [-0.4, -0.2) is 58.3 Å². The molecule has 0 bridgehead atoms. The molecule has 2 saturated heterocycles. The number of carbonyl (C=O) groups is 1. The molecule has 0 unspecified atom stereocenters. The predicted molar refractivity (Wildman–Crippen MR) is 97.7 cm³/mol. The van der Waals surface area contributed by atoms with Crippen LogP contribution < -0.4 is 4.74 Å². The minimum absolute atomic E-state index is 0.146. The maximum atomic E-state index is 12.8. The number of amides is 1. The van der Waals surface area contributed by atoms with E-state index >= 15 is 0 Å². The number of aromatic nitrogens is 2. The van der Waals surface area contributed by atoms with E-state index < -0.39 is 17.5 Å². The highest BCUT2D eigenvalue weighted by Gasteiger charge is 2.38. The van der Waals surface area contributed by atoms with Gasteiger partial charge in [0, 0.05) is 37.7 Å². The lowest BCUT2D eigenvalue weighted by Gasteiger charge is -2.36. The van der Waals surface area contributed by atoms with Gasteiger partial charge in [0.2, 0.25) is 0 Å². The number of halogens is 3. The number of benzene rings is 1. The Morgan fingerprint density at radius 2 is 1.83 bits per heavy atom. The van der Waals surface area contributed by atoms with Gasteiger partial charge in [0.1, 0.15) is 11.7 Å². The summed E-state index contributed by atoms with van der Waals surface area (Å²) < 4.78 is 48.8. The zero-order chi connectivity index (χ0) is 21.4. The molecule has 10 heteroatoms. The van der Waals surface area contributed by atoms with Crippen LogP contribution in [0.15, 0.2) is 36.5 Å². The first kappa shape index (κ1) is 20.5. The van der Waals surface area contributed by atoms with Crippen molar-refractivity contribution >= 4 is 5.91 Å². The molecule has 0 radical (unpaired) electrons. The number of alkyl halides is 3. The lowest BCUT2D eigenvalue weighted by atomic mass is 9.91. The molecule has 0 saturated carbocycles. The Balaban J connectivity index is 1.32. The number of carbonyl (C=O) groups excluding carboxylic acids is 1. The first-order chi connectivity index (χ1) is 14.2. The Hall–Kier alpha value is -2.72. The van der Waals surface area contributed by atoms with Crippen LogP contribution in [-0.2, 0) is 16.5 Å². The van der Waals surface area contributed by atoms with E-state index in [1.54, 1.807) is 29.2 Å². The van der Waals surface area contributed by atoms with Crippen molar-refractivity contribution in [2.24, 2.45) is 0 Å². The fraction of sp³-hybridized carbons (Fsp3) is 0.450. The van der Waals surface area contributed by atoms with Crippen molar-refractivity contribution in [1.29, 1.82) is 0 Å². The third-order valence-corrected chi connectivity index (χ3v) is 5.28. The van der Waals surface area contributed by atoms with Gasteiger partial charge in [0.05, 0.1) is 13.2 Å². The van der Waals surface area contributed by atoms with Crippen molar-refractivity contribution in [3.8, 4) is 6.01 Å². The van der Waals surface area contributed by atoms with Gasteiger partial charge in [-0.05, 0) is 23.8 Å². The van der Waals surface area contributed by atoms with E-state index in [0.717, 1.165) is 12.3 Å². The molecule has 30 heavy (non-hydrogen) atoms. The fourth-order valence-electron chi connectivity index (χ4n) is 3.45. The quantitative estimate of drug-likeness (QED) is 0.813. The summed E-state index contributed by atoms with van der Waals surface area (Å²) in [5.74, 6) is -0.146. The van der Waals surface area contributed by atoms with Crippen molar-refractivity contribution in [1.82, 2.24) is 14.9 Å². The predicted octanol–water partition coefficient (Wildman–Crippen LogP) is 2.40. The molecular formula is C20H20F3N3O4. The van der Waals surface area contributed by atoms with Crippen LogP contribution in [0, 0.1) is 0 Å². The van der Waals surface area contributed by atoms with Crippen LogP contribution in [0.25, 0.3) is 0 Å². The van der Waals surface area contributed by atoms with Gasteiger partial charge in [-0.1, -0.05) is 12.1 Å². The lowest BCUT2D eigenvalue weighted by Crippen LogP contribution is -2.46. The second kappa shape index (κ2) is 7.84. The summed E-state index contributed by atoms with van der Waals surface area (Å²) in [5.41, 5.74) is -0.828. The normalized spacial score (nSPS) is 19.3. The highest BCUT2D eigenvalue weighted by molar-refractivity contribution is 5.94. The van der Waals surface area contributed by atoms with E-state index in [4.69, 9.17) is 9.47 Å². The summed E-state index contributed by atoms with van der Waals surface area (Å²) in [4.78, 5) is 21.5. The minimum Gasteiger partial charge on any atom is -0.460 e. The summed E-state index contributed by atoms with van der Waals surface area (Å²) in [6.07, 6.45) is -3.00. The van der Waals surface area contributed by atoms with Crippen LogP contribution in [0.4, 0.5) is 13.2 Å². The van der Waals surface area contributed by atoms with Crippen LogP contribution in [0.1, 0.15) is 34.5 Å². The fourth-order valence-corrected chi connectivity index (χ4v) is 3.45. The molecule has 3 heterocycles. The Bertz CT molecular complexity index is 908. The number of piperidine rings is 1. The van der Waals surface area contributed by atoms with Gasteiger partial charge in [0.15, 0.2) is 5.69 Å². The Morgan fingerprint density at radius 1 is 1.17 bits per heavy atom. The molecule has 4 rings (SSSR count). The third kappa shape index (κ3) is 4.24. The van der Waals surface area contributed by atoms with Crippen molar-refractivity contribution in [2.75, 3.05) is 26.3 Å². The monoisotopic (exact) mass is 423 g/mol. The van der Waals surface area contributed by atoms with Crippen LogP contribution in [0.2, 0.25) is 0 Å². The smallest absolute Gasteiger partial charge is 0.433 e. The summed E-state index contributed by atoms with van der Waals surface area (Å²) in [6.45, 7) is 1.29. The van der Waals surface area contributed by atoms with Gasteiger partial charge >= 0.3 is 12.2 Å². The number of nitrogens with zero attached hydrogens (tertiary/aromatic N) is 3. The average Bonchev–Trinajstić information content (AvgIpc) is 2.72. The summed E-state index contributed by atoms with van der Waals surface area (Å²) >= 11 is 0. The summed E-state index contributed by atoms with van der Waals surface area (Å²) in [5, 5.41) is 10.3. The molecule has 1 aromatic carbocycles. The highest BCUT2D eigenvalue weighted by atomic mass is 19.4. The van der Waals surface area contributed by atoms with E-state index in [2.05, 4.69) is 9.97 Å². The molecule has 160 valence electrons. The van der Waals surface area contributed by atoms with Crippen LogP contribution in [0.5, 0.6) is 6.01 Å². The van der Waals surface area contributed by atoms with E-state index in [1.807, 2.05) is 0 Å². The molecule has 2 aliphatic rings. The molecule has 0 aliphatic carbocycles. The van der Waals surface area contributed by atoms with Gasteiger partial charge in [-0.15, -0.1) is 0 Å². The van der Waals surface area contributed by atoms with Gasteiger partial charge in [-0.3, -0.25) is 4.79 Å². The number of hydrogen-bond acceptors (Lipinski definition) is 6. The Labute approximate surface area is 170 Å². The molecule has 2 aromatic rings. The van der Waals surface area contributed by atoms with Crippen molar-refractivity contribution in [3.63, 3.8) is 0 Å². The molecule has 0 atom stereocenters. The molecule has 7 nitrogen and oxygen atoms in total. The molecular weight excluding hydrogens is 403 g/mol. The molecule has 0 spiro atoms. The summed E-state index contributed by atoms with van der Waals surface area (Å²) in [6, 6.07) is 7.26. The third-order valence-electron chi connectivity index (χ3n) is 5.28.